The summed E-state index contributed by atoms with van der Waals surface area (Å²) in [5, 5.41) is 3.13. The van der Waals surface area contributed by atoms with Crippen molar-refractivity contribution in [3.8, 4) is 0 Å². The summed E-state index contributed by atoms with van der Waals surface area (Å²) in [4.78, 5) is 24.9. The third-order valence-corrected chi connectivity index (χ3v) is 10.1. The van der Waals surface area contributed by atoms with E-state index in [9.17, 15) is 4.79 Å². The molecule has 0 unspecified atom stereocenters. The van der Waals surface area contributed by atoms with E-state index in [1.807, 2.05) is 39.0 Å². The van der Waals surface area contributed by atoms with Crippen LogP contribution in [0.15, 0.2) is 47.3 Å². The van der Waals surface area contributed by atoms with Crippen LogP contribution in [0.3, 0.4) is 0 Å². The first kappa shape index (κ1) is 32.4. The molecule has 0 amide bonds. The Kier molecular flexibility index (Phi) is 8.60. The Balaban J connectivity index is 0.000000208. The van der Waals surface area contributed by atoms with Crippen LogP contribution >= 0.6 is 23.2 Å². The molecule has 1 fully saturated rings. The van der Waals surface area contributed by atoms with Gasteiger partial charge in [0, 0.05) is 64.1 Å². The summed E-state index contributed by atoms with van der Waals surface area (Å²) in [7, 11) is 0. The van der Waals surface area contributed by atoms with Crippen molar-refractivity contribution >= 4 is 62.1 Å². The van der Waals surface area contributed by atoms with E-state index in [0.717, 1.165) is 82.4 Å². The van der Waals surface area contributed by atoms with Crippen LogP contribution in [0.25, 0.3) is 21.8 Å². The molecule has 0 radical (unpaired) electrons. The molecule has 1 saturated heterocycles. The number of nitrogens with zero attached hydrogens (tertiary/aromatic N) is 3. The third kappa shape index (κ3) is 5.76. The second kappa shape index (κ2) is 12.2. The molecular formula is C38H42Cl2N4O2. The summed E-state index contributed by atoms with van der Waals surface area (Å²) >= 11 is 12.7. The number of ether oxygens (including phenoxy) is 1. The number of aromatic nitrogens is 2. The van der Waals surface area contributed by atoms with Crippen LogP contribution in [0.4, 0.5) is 17.1 Å². The Labute approximate surface area is 281 Å². The number of hydrogen-bond acceptors (Lipinski definition) is 5. The van der Waals surface area contributed by atoms with Gasteiger partial charge in [-0.3, -0.25) is 9.78 Å². The van der Waals surface area contributed by atoms with Gasteiger partial charge in [0.25, 0.3) is 0 Å². The molecule has 0 bridgehead atoms. The Morgan fingerprint density at radius 3 is 2.20 bits per heavy atom. The summed E-state index contributed by atoms with van der Waals surface area (Å²) in [6.07, 6.45) is 0. The molecule has 2 aromatic heterocycles. The van der Waals surface area contributed by atoms with Gasteiger partial charge in [-0.2, -0.15) is 0 Å². The quantitative estimate of drug-likeness (QED) is 0.205. The number of aryl methyl sites for hydroxylation is 4. The Morgan fingerprint density at radius 2 is 1.50 bits per heavy atom. The molecule has 0 spiro atoms. The number of halogens is 2. The van der Waals surface area contributed by atoms with Gasteiger partial charge < -0.3 is 19.5 Å². The van der Waals surface area contributed by atoms with Gasteiger partial charge in [0.2, 0.25) is 0 Å². The van der Waals surface area contributed by atoms with Gasteiger partial charge >= 0.3 is 0 Å². The molecule has 1 N–H and O–H groups in total. The van der Waals surface area contributed by atoms with Crippen molar-refractivity contribution in [3.05, 3.63) is 102 Å². The van der Waals surface area contributed by atoms with Gasteiger partial charge in [-0.1, -0.05) is 43.1 Å². The number of nitrogens with one attached hydrogen (secondary N) is 1. The number of morpholine rings is 1. The summed E-state index contributed by atoms with van der Waals surface area (Å²) < 4.78 is 5.57. The van der Waals surface area contributed by atoms with Crippen molar-refractivity contribution in [2.24, 2.45) is 0 Å². The molecular weight excluding hydrogens is 615 g/mol. The monoisotopic (exact) mass is 656 g/mol. The highest BCUT2D eigenvalue weighted by atomic mass is 35.5. The van der Waals surface area contributed by atoms with Gasteiger partial charge in [-0.05, 0) is 100 Å². The maximum Gasteiger partial charge on any atom is 0.192 e. The highest BCUT2D eigenvalue weighted by molar-refractivity contribution is 6.35. The molecule has 0 aliphatic carbocycles. The molecule has 2 aliphatic rings. The lowest BCUT2D eigenvalue weighted by molar-refractivity contribution is 0.122. The smallest absolute Gasteiger partial charge is 0.192 e. The predicted octanol–water partition coefficient (Wildman–Crippen LogP) is 9.19. The van der Waals surface area contributed by atoms with Gasteiger partial charge in [-0.15, -0.1) is 0 Å². The second-order valence-corrected chi connectivity index (χ2v) is 14.3. The van der Waals surface area contributed by atoms with Crippen molar-refractivity contribution in [2.75, 3.05) is 42.6 Å². The minimum Gasteiger partial charge on any atom is -0.378 e. The first-order valence-electron chi connectivity index (χ1n) is 15.9. The number of pyridine rings is 2. The second-order valence-electron chi connectivity index (χ2n) is 13.5. The fourth-order valence-corrected chi connectivity index (χ4v) is 7.44. The molecule has 46 heavy (non-hydrogen) atoms. The number of anilines is 3. The zero-order valence-electron chi connectivity index (χ0n) is 28.0. The van der Waals surface area contributed by atoms with E-state index in [-0.39, 0.29) is 10.8 Å². The number of hydrogen-bond donors (Lipinski definition) is 1. The lowest BCUT2D eigenvalue weighted by atomic mass is 9.87. The maximum atomic E-state index is 12.0. The molecule has 0 atom stereocenters. The van der Waals surface area contributed by atoms with Gasteiger partial charge in [-0.25, -0.2) is 0 Å². The minimum absolute atomic E-state index is 0.0580. The van der Waals surface area contributed by atoms with E-state index < -0.39 is 0 Å². The van der Waals surface area contributed by atoms with Crippen molar-refractivity contribution in [1.29, 1.82) is 0 Å². The van der Waals surface area contributed by atoms with Gasteiger partial charge in [0.1, 0.15) is 0 Å². The predicted molar refractivity (Wildman–Crippen MR) is 194 cm³/mol. The maximum absolute atomic E-state index is 12.0. The standard InChI is InChI=1S/C26H30ClN3O.C12H12ClNO/c1-16-12-20-24(22(27)13-16)28-18(3)17(2)25(20)30-15-26(4,5)21-7-6-19(14-23(21)30)29-8-10-31-11-9-29;1-6-4-9-11(10(13)5-6)14-8(3)7(2)12(9)15/h6-7,12-14H,8-11,15H2,1-5H3;4-5H,1-3H3,(H,14,15). The molecule has 4 heterocycles. The number of rotatable bonds is 2. The van der Waals surface area contributed by atoms with Crippen LogP contribution < -0.4 is 15.2 Å². The van der Waals surface area contributed by atoms with Crippen LogP contribution in [0, 0.1) is 41.5 Å². The molecule has 2 aliphatic heterocycles. The summed E-state index contributed by atoms with van der Waals surface area (Å²) in [5.74, 6) is 0. The fourth-order valence-electron chi connectivity index (χ4n) is 6.80. The normalized spacial score (nSPS) is 15.7. The average molecular weight is 658 g/mol. The van der Waals surface area contributed by atoms with Gasteiger partial charge in [0.05, 0.1) is 40.0 Å². The number of benzene rings is 3. The number of aromatic amines is 1. The summed E-state index contributed by atoms with van der Waals surface area (Å²) in [6, 6.07) is 14.9. The summed E-state index contributed by atoms with van der Waals surface area (Å²) in [5.41, 5.74) is 13.0. The number of fused-ring (bicyclic) bond motifs is 3. The van der Waals surface area contributed by atoms with E-state index in [1.54, 1.807) is 0 Å². The highest BCUT2D eigenvalue weighted by Gasteiger charge is 2.37. The first-order valence-corrected chi connectivity index (χ1v) is 16.6. The van der Waals surface area contributed by atoms with Crippen molar-refractivity contribution < 1.29 is 4.74 Å². The van der Waals surface area contributed by atoms with Crippen LogP contribution in [-0.2, 0) is 10.2 Å². The summed E-state index contributed by atoms with van der Waals surface area (Å²) in [6.45, 7) is 21.1. The molecule has 3 aromatic carbocycles. The lowest BCUT2D eigenvalue weighted by Gasteiger charge is -2.30. The number of H-pyrrole nitrogens is 1. The van der Waals surface area contributed by atoms with Gasteiger partial charge in [0.15, 0.2) is 5.43 Å². The Bertz CT molecular complexity index is 2060. The van der Waals surface area contributed by atoms with Crippen LogP contribution in [-0.4, -0.2) is 42.8 Å². The highest BCUT2D eigenvalue weighted by Crippen LogP contribution is 2.49. The Hall–Kier alpha value is -3.58. The molecule has 0 saturated carbocycles. The zero-order valence-corrected chi connectivity index (χ0v) is 29.5. The molecule has 7 rings (SSSR count). The largest absolute Gasteiger partial charge is 0.378 e. The molecule has 6 nitrogen and oxygen atoms in total. The van der Waals surface area contributed by atoms with Crippen molar-refractivity contribution in [2.45, 2.75) is 60.8 Å². The fraction of sp³-hybridized carbons (Fsp3) is 0.368. The van der Waals surface area contributed by atoms with Crippen LogP contribution in [0.2, 0.25) is 10.0 Å². The third-order valence-electron chi connectivity index (χ3n) is 9.54. The molecule has 240 valence electrons. The topological polar surface area (TPSA) is 61.5 Å². The zero-order chi connectivity index (χ0) is 33.1. The van der Waals surface area contributed by atoms with E-state index >= 15 is 0 Å². The molecule has 5 aromatic rings. The minimum atomic E-state index is 0.0580. The van der Waals surface area contributed by atoms with Crippen molar-refractivity contribution in [1.82, 2.24) is 9.97 Å². The van der Waals surface area contributed by atoms with Crippen molar-refractivity contribution in [3.63, 3.8) is 0 Å². The van der Waals surface area contributed by atoms with E-state index in [1.165, 1.54) is 28.2 Å². The van der Waals surface area contributed by atoms with E-state index in [4.69, 9.17) is 32.9 Å². The lowest BCUT2D eigenvalue weighted by Crippen LogP contribution is -2.36. The van der Waals surface area contributed by atoms with Crippen LogP contribution in [0.1, 0.15) is 53.1 Å². The molecule has 8 heteroatoms. The van der Waals surface area contributed by atoms with E-state index in [2.05, 4.69) is 73.7 Å². The Morgan fingerprint density at radius 1 is 0.848 bits per heavy atom. The van der Waals surface area contributed by atoms with Crippen LogP contribution in [0.5, 0.6) is 0 Å². The first-order chi connectivity index (χ1) is 21.8. The SMILES string of the molecule is Cc1cc(Cl)c2[nH]c(C)c(C)c(=O)c2c1.Cc1cc(Cl)c2nc(C)c(C)c(N3CC(C)(C)c4ccc(N5CCOCC5)cc43)c2c1. The van der Waals surface area contributed by atoms with E-state index in [0.29, 0.717) is 10.4 Å². The average Bonchev–Trinajstić information content (AvgIpc) is 3.28.